The maximum Gasteiger partial charge on any atom is 0.0603 e. The van der Waals surface area contributed by atoms with Crippen LogP contribution in [0.4, 0.5) is 0 Å². The zero-order chi connectivity index (χ0) is 11.3. The number of hydrogen-bond acceptors (Lipinski definition) is 2. The van der Waals surface area contributed by atoms with Gasteiger partial charge in [-0.3, -0.25) is 0 Å². The molecule has 0 heterocycles. The van der Waals surface area contributed by atoms with E-state index in [-0.39, 0.29) is 0 Å². The van der Waals surface area contributed by atoms with Crippen LogP contribution in [0.3, 0.4) is 0 Å². The lowest BCUT2D eigenvalue weighted by molar-refractivity contribution is 0.0711. The summed E-state index contributed by atoms with van der Waals surface area (Å²) < 4.78 is 0. The van der Waals surface area contributed by atoms with E-state index in [1.807, 2.05) is 13.8 Å². The van der Waals surface area contributed by atoms with Gasteiger partial charge in [-0.25, -0.2) is 0 Å². The first kappa shape index (κ1) is 12.2. The second kappa shape index (κ2) is 5.29. The highest BCUT2D eigenvalue weighted by atomic mass is 16.3. The Balaban J connectivity index is 2.23. The molecule has 0 saturated carbocycles. The van der Waals surface area contributed by atoms with Gasteiger partial charge in [-0.05, 0) is 39.3 Å². The lowest BCUT2D eigenvalue weighted by Crippen LogP contribution is -2.26. The first-order valence-corrected chi connectivity index (χ1v) is 5.46. The van der Waals surface area contributed by atoms with Crippen LogP contribution in [0.1, 0.15) is 31.4 Å². The van der Waals surface area contributed by atoms with E-state index in [0.29, 0.717) is 0 Å². The smallest absolute Gasteiger partial charge is 0.0603 e. The van der Waals surface area contributed by atoms with Crippen molar-refractivity contribution in [2.75, 3.05) is 6.54 Å². The minimum atomic E-state index is -0.569. The Hall–Kier alpha value is -0.860. The molecule has 2 nitrogen and oxygen atoms in total. The molecule has 0 aromatic heterocycles. The molecule has 2 N–H and O–H groups in total. The third-order valence-electron chi connectivity index (χ3n) is 2.36. The molecule has 0 saturated heterocycles. The van der Waals surface area contributed by atoms with Crippen LogP contribution in [0.5, 0.6) is 0 Å². The highest BCUT2D eigenvalue weighted by molar-refractivity contribution is 5.20. The third kappa shape index (κ3) is 5.55. The van der Waals surface area contributed by atoms with Gasteiger partial charge in [-0.15, -0.1) is 0 Å². The molecule has 0 aliphatic carbocycles. The number of rotatable bonds is 5. The van der Waals surface area contributed by atoms with Crippen molar-refractivity contribution in [1.29, 1.82) is 0 Å². The van der Waals surface area contributed by atoms with Crippen molar-refractivity contribution in [2.45, 2.75) is 39.3 Å². The summed E-state index contributed by atoms with van der Waals surface area (Å²) in [6.45, 7) is 7.47. The molecule has 84 valence electrons. The number of hydrogen-bond donors (Lipinski definition) is 2. The van der Waals surface area contributed by atoms with E-state index >= 15 is 0 Å². The van der Waals surface area contributed by atoms with Gasteiger partial charge in [0.05, 0.1) is 5.60 Å². The van der Waals surface area contributed by atoms with Crippen molar-refractivity contribution >= 4 is 0 Å². The summed E-state index contributed by atoms with van der Waals surface area (Å²) >= 11 is 0. The molecule has 0 amide bonds. The molecule has 0 aliphatic heterocycles. The second-order valence-electron chi connectivity index (χ2n) is 4.72. The normalized spacial score (nSPS) is 11.7. The minimum absolute atomic E-state index is 0.569. The van der Waals surface area contributed by atoms with Crippen LogP contribution >= 0.6 is 0 Å². The van der Waals surface area contributed by atoms with Crippen LogP contribution in [0, 0.1) is 6.92 Å². The topological polar surface area (TPSA) is 32.3 Å². The van der Waals surface area contributed by atoms with Gasteiger partial charge in [-0.2, -0.15) is 0 Å². The monoisotopic (exact) mass is 207 g/mol. The molecule has 0 spiro atoms. The lowest BCUT2D eigenvalue weighted by atomic mass is 10.1. The van der Waals surface area contributed by atoms with E-state index in [2.05, 4.69) is 36.5 Å². The lowest BCUT2D eigenvalue weighted by Gasteiger charge is -2.16. The number of aliphatic hydroxyl groups is 1. The van der Waals surface area contributed by atoms with E-state index in [1.54, 1.807) is 0 Å². The summed E-state index contributed by atoms with van der Waals surface area (Å²) in [6, 6.07) is 8.50. The van der Waals surface area contributed by atoms with Crippen molar-refractivity contribution in [1.82, 2.24) is 5.32 Å². The van der Waals surface area contributed by atoms with Gasteiger partial charge >= 0.3 is 0 Å². The van der Waals surface area contributed by atoms with Crippen LogP contribution in [0.2, 0.25) is 0 Å². The predicted octanol–water partition coefficient (Wildman–Crippen LogP) is 2.25. The number of nitrogens with one attached hydrogen (secondary N) is 1. The first-order chi connectivity index (χ1) is 6.97. The van der Waals surface area contributed by atoms with Crippen molar-refractivity contribution in [3.63, 3.8) is 0 Å². The molecule has 0 atom stereocenters. The van der Waals surface area contributed by atoms with E-state index in [0.717, 1.165) is 19.5 Å². The zero-order valence-electron chi connectivity index (χ0n) is 9.88. The van der Waals surface area contributed by atoms with E-state index in [1.165, 1.54) is 11.1 Å². The van der Waals surface area contributed by atoms with E-state index < -0.39 is 5.60 Å². The maximum atomic E-state index is 9.51. The summed E-state index contributed by atoms with van der Waals surface area (Å²) in [4.78, 5) is 0. The van der Waals surface area contributed by atoms with Gasteiger partial charge in [0.15, 0.2) is 0 Å². The summed E-state index contributed by atoms with van der Waals surface area (Å²) in [6.07, 6.45) is 0.777. The van der Waals surface area contributed by atoms with Crippen molar-refractivity contribution in [3.05, 3.63) is 35.4 Å². The molecular formula is C13H21NO. The summed E-state index contributed by atoms with van der Waals surface area (Å²) in [7, 11) is 0. The van der Waals surface area contributed by atoms with Crippen LogP contribution < -0.4 is 5.32 Å². The van der Waals surface area contributed by atoms with Crippen LogP contribution in [-0.2, 0) is 6.54 Å². The van der Waals surface area contributed by atoms with E-state index in [9.17, 15) is 5.11 Å². The fourth-order valence-electron chi connectivity index (χ4n) is 1.33. The number of aryl methyl sites for hydroxylation is 1. The van der Waals surface area contributed by atoms with Crippen LogP contribution in [0.15, 0.2) is 24.3 Å². The predicted molar refractivity (Wildman–Crippen MR) is 63.8 cm³/mol. The van der Waals surface area contributed by atoms with Gasteiger partial charge in [0.25, 0.3) is 0 Å². The molecule has 1 rings (SSSR count). The molecule has 1 aromatic rings. The fraction of sp³-hybridized carbons (Fsp3) is 0.538. The first-order valence-electron chi connectivity index (χ1n) is 5.46. The average molecular weight is 207 g/mol. The molecule has 0 radical (unpaired) electrons. The quantitative estimate of drug-likeness (QED) is 0.726. The summed E-state index contributed by atoms with van der Waals surface area (Å²) in [5.41, 5.74) is 2.01. The summed E-state index contributed by atoms with van der Waals surface area (Å²) in [5, 5.41) is 12.8. The molecule has 2 heteroatoms. The van der Waals surface area contributed by atoms with Gasteiger partial charge < -0.3 is 10.4 Å². The van der Waals surface area contributed by atoms with Crippen LogP contribution in [-0.4, -0.2) is 17.3 Å². The average Bonchev–Trinajstić information content (AvgIpc) is 2.14. The van der Waals surface area contributed by atoms with E-state index in [4.69, 9.17) is 0 Å². The minimum Gasteiger partial charge on any atom is -0.390 e. The molecule has 15 heavy (non-hydrogen) atoms. The molecule has 0 aliphatic rings. The Morgan fingerprint density at radius 3 is 2.33 bits per heavy atom. The van der Waals surface area contributed by atoms with Crippen molar-refractivity contribution in [3.8, 4) is 0 Å². The largest absolute Gasteiger partial charge is 0.390 e. The zero-order valence-corrected chi connectivity index (χ0v) is 9.88. The second-order valence-corrected chi connectivity index (χ2v) is 4.72. The molecule has 1 aromatic carbocycles. The summed E-state index contributed by atoms with van der Waals surface area (Å²) in [5.74, 6) is 0. The highest BCUT2D eigenvalue weighted by Crippen LogP contribution is 2.06. The molecule has 0 fully saturated rings. The molecule has 0 bridgehead atoms. The molecule has 0 unspecified atom stereocenters. The van der Waals surface area contributed by atoms with Gasteiger partial charge in [0.2, 0.25) is 0 Å². The van der Waals surface area contributed by atoms with Crippen molar-refractivity contribution < 1.29 is 5.11 Å². The SMILES string of the molecule is Cc1ccc(CNCCC(C)(C)O)cc1. The highest BCUT2D eigenvalue weighted by Gasteiger charge is 2.10. The fourth-order valence-corrected chi connectivity index (χ4v) is 1.33. The Kier molecular flexibility index (Phi) is 4.30. The molecular weight excluding hydrogens is 186 g/mol. The Morgan fingerprint density at radius 1 is 1.20 bits per heavy atom. The Bertz CT molecular complexity index is 284. The van der Waals surface area contributed by atoms with Crippen LogP contribution in [0.25, 0.3) is 0 Å². The Morgan fingerprint density at radius 2 is 1.80 bits per heavy atom. The van der Waals surface area contributed by atoms with Gasteiger partial charge in [-0.1, -0.05) is 29.8 Å². The third-order valence-corrected chi connectivity index (χ3v) is 2.36. The van der Waals surface area contributed by atoms with Crippen molar-refractivity contribution in [2.24, 2.45) is 0 Å². The Labute approximate surface area is 92.3 Å². The van der Waals surface area contributed by atoms with Gasteiger partial charge in [0, 0.05) is 6.54 Å². The standard InChI is InChI=1S/C13H21NO/c1-11-4-6-12(7-5-11)10-14-9-8-13(2,3)15/h4-7,14-15H,8-10H2,1-3H3. The van der Waals surface area contributed by atoms with Gasteiger partial charge in [0.1, 0.15) is 0 Å². The maximum absolute atomic E-state index is 9.51. The number of benzene rings is 1.